The molecule has 1 atom stereocenters. The monoisotopic (exact) mass is 329 g/mol. The normalized spacial score (nSPS) is 17.6. The van der Waals surface area contributed by atoms with E-state index in [1.165, 1.54) is 4.88 Å². The zero-order valence-corrected chi connectivity index (χ0v) is 14.0. The van der Waals surface area contributed by atoms with Gasteiger partial charge < -0.3 is 11.1 Å². The third-order valence-corrected chi connectivity index (χ3v) is 5.14. The summed E-state index contributed by atoms with van der Waals surface area (Å²) in [6.45, 7) is 4.27. The quantitative estimate of drug-likeness (QED) is 0.765. The minimum Gasteiger partial charge on any atom is -0.379 e. The number of hydrogen-bond donors (Lipinski definition) is 2. The molecule has 0 saturated carbocycles. The lowest BCUT2D eigenvalue weighted by molar-refractivity contribution is 0.609. The summed E-state index contributed by atoms with van der Waals surface area (Å²) in [7, 11) is 0. The van der Waals surface area contributed by atoms with Crippen molar-refractivity contribution in [3.05, 3.63) is 28.7 Å². The highest BCUT2D eigenvalue weighted by Gasteiger charge is 2.23. The number of aromatic nitrogens is 5. The molecule has 1 aliphatic carbocycles. The average molecular weight is 329 g/mol. The Bertz CT molecular complexity index is 851. The van der Waals surface area contributed by atoms with Gasteiger partial charge in [0.25, 0.3) is 0 Å². The van der Waals surface area contributed by atoms with Gasteiger partial charge in [-0.3, -0.25) is 0 Å². The smallest absolute Gasteiger partial charge is 0.200 e. The van der Waals surface area contributed by atoms with Gasteiger partial charge in [0.05, 0.1) is 17.1 Å². The Labute approximate surface area is 138 Å². The van der Waals surface area contributed by atoms with Crippen LogP contribution in [-0.4, -0.2) is 30.8 Å². The number of hydrogen-bond acceptors (Lipinski definition) is 7. The minimum atomic E-state index is 0.349. The Kier molecular flexibility index (Phi) is 3.41. The van der Waals surface area contributed by atoms with Gasteiger partial charge in [-0.05, 0) is 24.8 Å². The SMILES string of the molecule is CC(C)c1cc(N[C@H]2CCc3nc(N)sc3C2)c2nncn2n1. The first-order chi connectivity index (χ1) is 11.1. The van der Waals surface area contributed by atoms with E-state index < -0.39 is 0 Å². The van der Waals surface area contributed by atoms with Crippen LogP contribution in [0.2, 0.25) is 0 Å². The Morgan fingerprint density at radius 1 is 1.43 bits per heavy atom. The highest BCUT2D eigenvalue weighted by atomic mass is 32.1. The van der Waals surface area contributed by atoms with Crippen LogP contribution in [0.15, 0.2) is 12.4 Å². The van der Waals surface area contributed by atoms with Crippen molar-refractivity contribution in [1.29, 1.82) is 0 Å². The third kappa shape index (κ3) is 2.63. The molecule has 3 N–H and O–H groups in total. The van der Waals surface area contributed by atoms with Crippen molar-refractivity contribution in [2.24, 2.45) is 0 Å². The summed E-state index contributed by atoms with van der Waals surface area (Å²) in [5, 5.41) is 17.0. The number of rotatable bonds is 3. The first-order valence-electron chi connectivity index (χ1n) is 7.81. The van der Waals surface area contributed by atoms with Crippen LogP contribution in [0.3, 0.4) is 0 Å². The maximum absolute atomic E-state index is 5.83. The van der Waals surface area contributed by atoms with Crippen LogP contribution in [0.1, 0.15) is 42.5 Å². The van der Waals surface area contributed by atoms with Gasteiger partial charge in [0.2, 0.25) is 5.65 Å². The molecular weight excluding hydrogens is 310 g/mol. The van der Waals surface area contributed by atoms with Crippen LogP contribution in [0.25, 0.3) is 5.65 Å². The van der Waals surface area contributed by atoms with Gasteiger partial charge in [-0.25, -0.2) is 4.98 Å². The molecule has 0 fully saturated rings. The fourth-order valence-corrected chi connectivity index (χ4v) is 3.93. The second kappa shape index (κ2) is 5.45. The molecule has 0 radical (unpaired) electrons. The van der Waals surface area contributed by atoms with E-state index in [1.54, 1.807) is 22.2 Å². The summed E-state index contributed by atoms with van der Waals surface area (Å²) in [6, 6.07) is 2.44. The zero-order valence-electron chi connectivity index (χ0n) is 13.2. The van der Waals surface area contributed by atoms with E-state index in [2.05, 4.69) is 45.5 Å². The molecule has 3 aromatic rings. The van der Waals surface area contributed by atoms with Crippen LogP contribution >= 0.6 is 11.3 Å². The predicted octanol–water partition coefficient (Wildman–Crippen LogP) is 2.26. The van der Waals surface area contributed by atoms with E-state index in [4.69, 9.17) is 5.73 Å². The van der Waals surface area contributed by atoms with Crippen LogP contribution in [0.4, 0.5) is 10.8 Å². The number of nitrogens with zero attached hydrogens (tertiary/aromatic N) is 5. The molecule has 0 aromatic carbocycles. The lowest BCUT2D eigenvalue weighted by Crippen LogP contribution is -2.27. The Balaban J connectivity index is 1.64. The Morgan fingerprint density at radius 2 is 2.30 bits per heavy atom. The summed E-state index contributed by atoms with van der Waals surface area (Å²) < 4.78 is 1.75. The van der Waals surface area contributed by atoms with Crippen molar-refractivity contribution in [1.82, 2.24) is 24.8 Å². The number of fused-ring (bicyclic) bond motifs is 2. The summed E-state index contributed by atoms with van der Waals surface area (Å²) in [4.78, 5) is 5.70. The van der Waals surface area contributed by atoms with E-state index in [0.717, 1.165) is 42.0 Å². The molecule has 3 heterocycles. The van der Waals surface area contributed by atoms with E-state index in [0.29, 0.717) is 17.1 Å². The van der Waals surface area contributed by atoms with Gasteiger partial charge in [0, 0.05) is 17.3 Å². The number of aryl methyl sites for hydroxylation is 1. The van der Waals surface area contributed by atoms with E-state index >= 15 is 0 Å². The first kappa shape index (κ1) is 14.4. The molecule has 0 amide bonds. The molecule has 3 aromatic heterocycles. The number of nitrogens with one attached hydrogen (secondary N) is 1. The maximum Gasteiger partial charge on any atom is 0.200 e. The topological polar surface area (TPSA) is 94.0 Å². The predicted molar refractivity (Wildman–Crippen MR) is 90.8 cm³/mol. The summed E-state index contributed by atoms with van der Waals surface area (Å²) in [5.41, 5.74) is 9.78. The lowest BCUT2D eigenvalue weighted by atomic mass is 9.97. The second-order valence-electron chi connectivity index (χ2n) is 6.24. The third-order valence-electron chi connectivity index (χ3n) is 4.19. The zero-order chi connectivity index (χ0) is 16.0. The fourth-order valence-electron chi connectivity index (χ4n) is 2.97. The number of anilines is 2. The van der Waals surface area contributed by atoms with E-state index in [9.17, 15) is 0 Å². The average Bonchev–Trinajstić information content (AvgIpc) is 3.11. The molecule has 23 heavy (non-hydrogen) atoms. The van der Waals surface area contributed by atoms with E-state index in [1.807, 2.05) is 0 Å². The van der Waals surface area contributed by atoms with Gasteiger partial charge in [0.15, 0.2) is 5.13 Å². The molecule has 120 valence electrons. The van der Waals surface area contributed by atoms with Crippen LogP contribution < -0.4 is 11.1 Å². The van der Waals surface area contributed by atoms with Crippen molar-refractivity contribution < 1.29 is 0 Å². The summed E-state index contributed by atoms with van der Waals surface area (Å²) in [6.07, 6.45) is 4.60. The highest BCUT2D eigenvalue weighted by Crippen LogP contribution is 2.30. The molecule has 0 saturated heterocycles. The minimum absolute atomic E-state index is 0.349. The van der Waals surface area contributed by atoms with Crippen LogP contribution in [-0.2, 0) is 12.8 Å². The van der Waals surface area contributed by atoms with Gasteiger partial charge in [-0.1, -0.05) is 13.8 Å². The van der Waals surface area contributed by atoms with Crippen molar-refractivity contribution >= 4 is 27.8 Å². The molecule has 0 bridgehead atoms. The van der Waals surface area contributed by atoms with Crippen molar-refractivity contribution in [3.63, 3.8) is 0 Å². The molecular formula is C15H19N7S. The molecule has 8 heteroatoms. The highest BCUT2D eigenvalue weighted by molar-refractivity contribution is 7.15. The summed E-state index contributed by atoms with van der Waals surface area (Å²) >= 11 is 1.60. The van der Waals surface area contributed by atoms with E-state index in [-0.39, 0.29) is 0 Å². The van der Waals surface area contributed by atoms with Crippen molar-refractivity contribution in [2.45, 2.75) is 45.1 Å². The molecule has 0 unspecified atom stereocenters. The molecule has 0 aliphatic heterocycles. The largest absolute Gasteiger partial charge is 0.379 e. The second-order valence-corrected chi connectivity index (χ2v) is 7.36. The summed E-state index contributed by atoms with van der Waals surface area (Å²) in [5.74, 6) is 0.349. The van der Waals surface area contributed by atoms with Crippen LogP contribution in [0.5, 0.6) is 0 Å². The number of thiazole rings is 1. The molecule has 0 spiro atoms. The molecule has 7 nitrogen and oxygen atoms in total. The van der Waals surface area contributed by atoms with Gasteiger partial charge in [-0.2, -0.15) is 9.61 Å². The van der Waals surface area contributed by atoms with Crippen LogP contribution in [0, 0.1) is 0 Å². The van der Waals surface area contributed by atoms with Gasteiger partial charge >= 0.3 is 0 Å². The Morgan fingerprint density at radius 3 is 3.13 bits per heavy atom. The number of nitrogens with two attached hydrogens (primary N) is 1. The Hall–Kier alpha value is -2.22. The number of nitrogen functional groups attached to an aromatic ring is 1. The van der Waals surface area contributed by atoms with Gasteiger partial charge in [-0.15, -0.1) is 21.5 Å². The molecule has 4 rings (SSSR count). The molecule has 1 aliphatic rings. The maximum atomic E-state index is 5.83. The van der Waals surface area contributed by atoms with Crippen molar-refractivity contribution in [3.8, 4) is 0 Å². The lowest BCUT2D eigenvalue weighted by Gasteiger charge is -2.23. The first-order valence-corrected chi connectivity index (χ1v) is 8.63. The van der Waals surface area contributed by atoms with Gasteiger partial charge in [0.1, 0.15) is 6.33 Å². The van der Waals surface area contributed by atoms with Crippen molar-refractivity contribution in [2.75, 3.05) is 11.1 Å². The standard InChI is InChI=1S/C15H19N7S/c1-8(2)11-6-12(14-20-17-7-22(14)21-11)18-9-3-4-10-13(5-9)23-15(16)19-10/h6-9,18H,3-5H2,1-2H3,(H2,16,19)/t9-/m0/s1. The fraction of sp³-hybridized carbons (Fsp3) is 0.467.